The molecule has 39 heavy (non-hydrogen) atoms. The Morgan fingerprint density at radius 2 is 1.97 bits per heavy atom. The van der Waals surface area contributed by atoms with E-state index in [-0.39, 0.29) is 30.3 Å². The number of rotatable bonds is 8. The number of carbonyl (C=O) groups is 2. The summed E-state index contributed by atoms with van der Waals surface area (Å²) in [4.78, 5) is 45.6. The number of amides is 2. The highest BCUT2D eigenvalue weighted by Gasteiger charge is 2.26. The van der Waals surface area contributed by atoms with Crippen LogP contribution in [0.15, 0.2) is 70.3 Å². The van der Waals surface area contributed by atoms with Crippen molar-refractivity contribution >= 4 is 22.8 Å². The summed E-state index contributed by atoms with van der Waals surface area (Å²) < 4.78 is 33.9. The maximum atomic E-state index is 13.6. The molecular weight excluding hydrogens is 512 g/mol. The molecule has 13 heteroatoms. The molecule has 5 aromatic rings. The fourth-order valence-electron chi connectivity index (χ4n) is 4.01. The molecule has 0 aliphatic carbocycles. The van der Waals surface area contributed by atoms with Gasteiger partial charge in [0.2, 0.25) is 17.7 Å². The third-order valence-electron chi connectivity index (χ3n) is 6.00. The lowest BCUT2D eigenvalue weighted by Gasteiger charge is -2.15. The van der Waals surface area contributed by atoms with Crippen LogP contribution in [-0.2, 0) is 11.3 Å². The molecule has 0 radical (unpaired) electrons. The summed E-state index contributed by atoms with van der Waals surface area (Å²) in [6.45, 7) is -0.0919. The fourth-order valence-corrected chi connectivity index (χ4v) is 4.01. The maximum Gasteiger partial charge on any atom is 0.263 e. The van der Waals surface area contributed by atoms with Crippen LogP contribution in [0.3, 0.4) is 0 Å². The molecule has 1 atom stereocenters. The van der Waals surface area contributed by atoms with Gasteiger partial charge in [-0.25, -0.2) is 13.8 Å². The number of benzene rings is 1. The second-order valence-electron chi connectivity index (χ2n) is 8.55. The van der Waals surface area contributed by atoms with Crippen molar-refractivity contribution in [3.8, 4) is 11.5 Å². The summed E-state index contributed by atoms with van der Waals surface area (Å²) in [5.74, 6) is -3.15. The van der Waals surface area contributed by atoms with Crippen molar-refractivity contribution in [2.75, 3.05) is 7.05 Å². The number of nitrogens with zero attached hydrogens (tertiary/aromatic N) is 4. The number of nitrogens with one attached hydrogen (secondary N) is 3. The first-order valence-corrected chi connectivity index (χ1v) is 11.7. The Kier molecular flexibility index (Phi) is 6.95. The molecule has 0 aliphatic rings. The highest BCUT2D eigenvalue weighted by Crippen LogP contribution is 2.28. The third kappa shape index (κ3) is 5.28. The van der Waals surface area contributed by atoms with Crippen LogP contribution in [0, 0.1) is 11.6 Å². The zero-order valence-corrected chi connectivity index (χ0v) is 20.4. The number of hydrogen-bond donors (Lipinski definition) is 3. The van der Waals surface area contributed by atoms with Gasteiger partial charge in [0, 0.05) is 31.0 Å². The van der Waals surface area contributed by atoms with Crippen molar-refractivity contribution in [2.24, 2.45) is 0 Å². The van der Waals surface area contributed by atoms with E-state index >= 15 is 0 Å². The van der Waals surface area contributed by atoms with Crippen LogP contribution >= 0.6 is 0 Å². The molecule has 198 valence electrons. The van der Waals surface area contributed by atoms with Crippen LogP contribution in [0.5, 0.6) is 0 Å². The molecule has 5 rings (SSSR count). The summed E-state index contributed by atoms with van der Waals surface area (Å²) in [6, 6.07) is 8.59. The predicted molar refractivity (Wildman–Crippen MR) is 134 cm³/mol. The van der Waals surface area contributed by atoms with E-state index in [0.29, 0.717) is 16.8 Å². The average molecular weight is 533 g/mol. The van der Waals surface area contributed by atoms with Crippen LogP contribution in [-0.4, -0.2) is 43.6 Å². The summed E-state index contributed by atoms with van der Waals surface area (Å²) in [5, 5.41) is 13.9. The zero-order valence-electron chi connectivity index (χ0n) is 20.4. The Morgan fingerprint density at radius 3 is 2.77 bits per heavy atom. The Bertz CT molecular complexity index is 1740. The normalized spacial score (nSPS) is 11.9. The van der Waals surface area contributed by atoms with Gasteiger partial charge in [-0.2, -0.15) is 0 Å². The van der Waals surface area contributed by atoms with Crippen LogP contribution in [0.25, 0.3) is 22.5 Å². The highest BCUT2D eigenvalue weighted by atomic mass is 19.2. The first-order chi connectivity index (χ1) is 18.8. The topological polar surface area (TPSA) is 148 Å². The molecule has 0 fully saturated rings. The van der Waals surface area contributed by atoms with Crippen molar-refractivity contribution in [1.82, 2.24) is 35.4 Å². The van der Waals surface area contributed by atoms with Gasteiger partial charge in [-0.15, -0.1) is 10.2 Å². The number of H-pyrrole nitrogens is 1. The van der Waals surface area contributed by atoms with Gasteiger partial charge in [0.05, 0.1) is 18.5 Å². The average Bonchev–Trinajstić information content (AvgIpc) is 3.59. The SMILES string of the molecule is CNC(=O)C[C@@H](NC(=O)c1cccn(Cc2ccc(F)c(F)c2)c1=O)c1nnc(-c2c[nH]c3ncccc23)o1. The van der Waals surface area contributed by atoms with Crippen molar-refractivity contribution < 1.29 is 22.8 Å². The van der Waals surface area contributed by atoms with Gasteiger partial charge in [-0.3, -0.25) is 14.4 Å². The van der Waals surface area contributed by atoms with Crippen LogP contribution in [0.2, 0.25) is 0 Å². The molecule has 1 aromatic carbocycles. The van der Waals surface area contributed by atoms with E-state index in [1.165, 1.54) is 36.0 Å². The minimum Gasteiger partial charge on any atom is -0.418 e. The largest absolute Gasteiger partial charge is 0.418 e. The molecule has 0 saturated carbocycles. The van der Waals surface area contributed by atoms with Crippen molar-refractivity contribution in [3.63, 3.8) is 0 Å². The smallest absolute Gasteiger partial charge is 0.263 e. The molecule has 0 bridgehead atoms. The Hall–Kier alpha value is -5.20. The fraction of sp³-hybridized carbons (Fsp3) is 0.154. The number of hydrogen-bond acceptors (Lipinski definition) is 7. The molecule has 2 amide bonds. The van der Waals surface area contributed by atoms with E-state index in [9.17, 15) is 23.2 Å². The molecular formula is C26H21F2N7O4. The Labute approximate surface area is 218 Å². The lowest BCUT2D eigenvalue weighted by atomic mass is 10.1. The number of aromatic amines is 1. The molecule has 0 spiro atoms. The van der Waals surface area contributed by atoms with Gasteiger partial charge in [0.1, 0.15) is 17.3 Å². The Balaban J connectivity index is 1.41. The highest BCUT2D eigenvalue weighted by molar-refractivity contribution is 5.94. The van der Waals surface area contributed by atoms with E-state index in [4.69, 9.17) is 4.42 Å². The van der Waals surface area contributed by atoms with Gasteiger partial charge in [-0.05, 0) is 42.0 Å². The number of carbonyl (C=O) groups excluding carboxylic acids is 2. The van der Waals surface area contributed by atoms with E-state index in [1.54, 1.807) is 18.5 Å². The van der Waals surface area contributed by atoms with Crippen LogP contribution in [0.1, 0.15) is 34.3 Å². The first kappa shape index (κ1) is 25.4. The van der Waals surface area contributed by atoms with Crippen molar-refractivity contribution in [1.29, 1.82) is 0 Å². The van der Waals surface area contributed by atoms with Gasteiger partial charge in [0.25, 0.3) is 11.5 Å². The molecule has 0 aliphatic heterocycles. The first-order valence-electron chi connectivity index (χ1n) is 11.7. The number of halogens is 2. The second kappa shape index (κ2) is 10.7. The summed E-state index contributed by atoms with van der Waals surface area (Å²) >= 11 is 0. The predicted octanol–water partition coefficient (Wildman–Crippen LogP) is 2.71. The number of pyridine rings is 2. The molecule has 0 unspecified atom stereocenters. The lowest BCUT2D eigenvalue weighted by Crippen LogP contribution is -2.37. The standard InChI is InChI=1S/C26H21F2N7O4/c1-29-21(36)11-20(25-34-33-24(39-25)17-12-31-22-15(17)4-2-8-30-22)32-23(37)16-5-3-9-35(26(16)38)13-14-6-7-18(27)19(28)10-14/h2-10,12,20H,11,13H2,1H3,(H,29,36)(H,30,31)(H,32,37)/t20-/m1/s1. The van der Waals surface area contributed by atoms with E-state index in [0.717, 1.165) is 17.5 Å². The van der Waals surface area contributed by atoms with E-state index in [2.05, 4.69) is 30.8 Å². The van der Waals surface area contributed by atoms with Crippen LogP contribution < -0.4 is 16.2 Å². The number of fused-ring (bicyclic) bond motifs is 1. The zero-order chi connectivity index (χ0) is 27.5. The van der Waals surface area contributed by atoms with Crippen LogP contribution in [0.4, 0.5) is 8.78 Å². The summed E-state index contributed by atoms with van der Waals surface area (Å²) in [7, 11) is 1.44. The summed E-state index contributed by atoms with van der Waals surface area (Å²) in [6.07, 6.45) is 4.46. The monoisotopic (exact) mass is 533 g/mol. The van der Waals surface area contributed by atoms with Gasteiger partial charge in [-0.1, -0.05) is 6.07 Å². The maximum absolute atomic E-state index is 13.6. The summed E-state index contributed by atoms with van der Waals surface area (Å²) in [5.41, 5.74) is 0.633. The minimum atomic E-state index is -1.05. The van der Waals surface area contributed by atoms with E-state index in [1.807, 2.05) is 6.07 Å². The van der Waals surface area contributed by atoms with E-state index < -0.39 is 35.0 Å². The molecule has 4 aromatic heterocycles. The third-order valence-corrected chi connectivity index (χ3v) is 6.00. The quantitative estimate of drug-likeness (QED) is 0.278. The molecule has 11 nitrogen and oxygen atoms in total. The van der Waals surface area contributed by atoms with Gasteiger partial charge < -0.3 is 24.6 Å². The van der Waals surface area contributed by atoms with Gasteiger partial charge in [0.15, 0.2) is 11.6 Å². The minimum absolute atomic E-state index is 0.0433. The second-order valence-corrected chi connectivity index (χ2v) is 8.55. The number of aromatic nitrogens is 5. The van der Waals surface area contributed by atoms with Gasteiger partial charge >= 0.3 is 0 Å². The lowest BCUT2D eigenvalue weighted by molar-refractivity contribution is -0.121. The van der Waals surface area contributed by atoms with Crippen molar-refractivity contribution in [2.45, 2.75) is 19.0 Å². The molecule has 4 heterocycles. The molecule has 0 saturated heterocycles. The molecule has 3 N–H and O–H groups in total. The Morgan fingerprint density at radius 1 is 1.13 bits per heavy atom. The van der Waals surface area contributed by atoms with Crippen molar-refractivity contribution in [3.05, 3.63) is 100 Å².